The molecule has 0 bridgehead atoms. The van der Waals surface area contributed by atoms with Gasteiger partial charge in [0.1, 0.15) is 11.6 Å². The van der Waals surface area contributed by atoms with Crippen molar-refractivity contribution in [3.63, 3.8) is 0 Å². The molecule has 0 spiro atoms. The van der Waals surface area contributed by atoms with Gasteiger partial charge in [-0.1, -0.05) is 43.7 Å². The Morgan fingerprint density at radius 1 is 1.04 bits per heavy atom. The average molecular weight is 374 g/mol. The molecule has 0 aliphatic carbocycles. The molecule has 0 atom stereocenters. The van der Waals surface area contributed by atoms with Crippen molar-refractivity contribution in [2.24, 2.45) is 0 Å². The predicted molar refractivity (Wildman–Crippen MR) is 101 cm³/mol. The summed E-state index contributed by atoms with van der Waals surface area (Å²) in [5.41, 5.74) is 1.80. The van der Waals surface area contributed by atoms with Crippen molar-refractivity contribution in [3.8, 4) is 0 Å². The minimum absolute atomic E-state index is 0.0619. The molecule has 0 unspecified atom stereocenters. The zero-order chi connectivity index (χ0) is 20.0. The summed E-state index contributed by atoms with van der Waals surface area (Å²) in [6, 6.07) is 10.8. The van der Waals surface area contributed by atoms with E-state index in [0.29, 0.717) is 12.6 Å². The fourth-order valence-corrected chi connectivity index (χ4v) is 2.63. The Balaban J connectivity index is 1.80. The van der Waals surface area contributed by atoms with Gasteiger partial charge in [-0.25, -0.2) is 8.78 Å². The highest BCUT2D eigenvalue weighted by Crippen LogP contribution is 2.23. The summed E-state index contributed by atoms with van der Waals surface area (Å²) in [5, 5.41) is 5.32. The normalized spacial score (nSPS) is 11.1. The molecule has 0 aliphatic heterocycles. The van der Waals surface area contributed by atoms with Crippen LogP contribution in [0.25, 0.3) is 0 Å². The number of hydrogen-bond acceptors (Lipinski definition) is 2. The van der Waals surface area contributed by atoms with Crippen LogP contribution in [-0.4, -0.2) is 24.9 Å². The van der Waals surface area contributed by atoms with E-state index in [1.165, 1.54) is 0 Å². The van der Waals surface area contributed by atoms with Crippen LogP contribution in [0.2, 0.25) is 0 Å². The Morgan fingerprint density at radius 3 is 2.44 bits per heavy atom. The van der Waals surface area contributed by atoms with Gasteiger partial charge < -0.3 is 10.6 Å². The van der Waals surface area contributed by atoms with E-state index in [1.807, 2.05) is 39.0 Å². The van der Waals surface area contributed by atoms with Crippen molar-refractivity contribution >= 4 is 11.8 Å². The third kappa shape index (κ3) is 5.88. The smallest absolute Gasteiger partial charge is 0.254 e. The maximum absolute atomic E-state index is 13.5. The first-order valence-corrected chi connectivity index (χ1v) is 8.76. The highest BCUT2D eigenvalue weighted by molar-refractivity contribution is 5.94. The number of carbonyl (C=O) groups excluding carboxylic acids is 2. The molecule has 0 radical (unpaired) electrons. The summed E-state index contributed by atoms with van der Waals surface area (Å²) < 4.78 is 26.4. The molecule has 2 aromatic rings. The van der Waals surface area contributed by atoms with Gasteiger partial charge in [-0.05, 0) is 24.6 Å². The molecule has 2 rings (SSSR count). The van der Waals surface area contributed by atoms with E-state index in [2.05, 4.69) is 16.7 Å². The summed E-state index contributed by atoms with van der Waals surface area (Å²) in [6.07, 6.45) is 0.0679. The minimum atomic E-state index is -0.933. The lowest BCUT2D eigenvalue weighted by atomic mass is 9.84. The zero-order valence-corrected chi connectivity index (χ0v) is 15.7. The van der Waals surface area contributed by atoms with Crippen molar-refractivity contribution in [2.45, 2.75) is 32.6 Å². The first-order chi connectivity index (χ1) is 12.7. The van der Waals surface area contributed by atoms with E-state index < -0.39 is 17.5 Å². The number of halogens is 2. The predicted octanol–water partition coefficient (Wildman–Crippen LogP) is 3.49. The van der Waals surface area contributed by atoms with E-state index in [9.17, 15) is 18.4 Å². The third-order valence-corrected chi connectivity index (χ3v) is 4.34. The van der Waals surface area contributed by atoms with Crippen LogP contribution in [0, 0.1) is 18.6 Å². The number of rotatable bonds is 7. The molecular weight excluding hydrogens is 350 g/mol. The van der Waals surface area contributed by atoms with Crippen LogP contribution in [0.15, 0.2) is 42.5 Å². The second kappa shape index (κ2) is 8.75. The summed E-state index contributed by atoms with van der Waals surface area (Å²) in [5.74, 6) is -2.58. The van der Waals surface area contributed by atoms with Gasteiger partial charge in [0.25, 0.3) is 5.91 Å². The number of carbonyl (C=O) groups is 2. The summed E-state index contributed by atoms with van der Waals surface area (Å²) in [4.78, 5) is 23.9. The molecule has 0 saturated carbocycles. The molecule has 2 amide bonds. The quantitative estimate of drug-likeness (QED) is 0.779. The van der Waals surface area contributed by atoms with Crippen LogP contribution in [-0.2, 0) is 10.2 Å². The maximum Gasteiger partial charge on any atom is 0.254 e. The average Bonchev–Trinajstić information content (AvgIpc) is 2.60. The van der Waals surface area contributed by atoms with E-state index >= 15 is 0 Å². The Bertz CT molecular complexity index is 835. The van der Waals surface area contributed by atoms with Crippen LogP contribution in [0.1, 0.15) is 41.8 Å². The topological polar surface area (TPSA) is 58.2 Å². The SMILES string of the molecule is Cc1cccc(C(C)(C)CNC(=O)CCNC(=O)c2ccc(F)cc2F)c1. The molecule has 144 valence electrons. The fourth-order valence-electron chi connectivity index (χ4n) is 2.63. The van der Waals surface area contributed by atoms with Gasteiger partial charge in [0, 0.05) is 31.0 Å². The number of amides is 2. The summed E-state index contributed by atoms with van der Waals surface area (Å²) in [7, 11) is 0. The van der Waals surface area contributed by atoms with E-state index in [-0.39, 0.29) is 29.9 Å². The molecule has 0 aliphatic rings. The molecule has 4 nitrogen and oxygen atoms in total. The van der Waals surface area contributed by atoms with E-state index in [4.69, 9.17) is 0 Å². The zero-order valence-electron chi connectivity index (χ0n) is 15.7. The largest absolute Gasteiger partial charge is 0.355 e. The Labute approximate surface area is 158 Å². The number of aryl methyl sites for hydroxylation is 1. The lowest BCUT2D eigenvalue weighted by molar-refractivity contribution is -0.121. The minimum Gasteiger partial charge on any atom is -0.355 e. The molecule has 0 saturated heterocycles. The first-order valence-electron chi connectivity index (χ1n) is 8.76. The second-order valence-electron chi connectivity index (χ2n) is 7.16. The van der Waals surface area contributed by atoms with Crippen LogP contribution in [0.3, 0.4) is 0 Å². The van der Waals surface area contributed by atoms with Crippen molar-refractivity contribution < 1.29 is 18.4 Å². The molecule has 0 heterocycles. The standard InChI is InChI=1S/C21H24F2N2O2/c1-14-5-4-6-15(11-14)21(2,3)13-25-19(26)9-10-24-20(27)17-8-7-16(22)12-18(17)23/h4-8,11-12H,9-10,13H2,1-3H3,(H,24,27)(H,25,26). The fraction of sp³-hybridized carbons (Fsp3) is 0.333. The van der Waals surface area contributed by atoms with Crippen LogP contribution < -0.4 is 10.6 Å². The van der Waals surface area contributed by atoms with Crippen LogP contribution in [0.4, 0.5) is 8.78 Å². The van der Waals surface area contributed by atoms with Crippen molar-refractivity contribution in [1.82, 2.24) is 10.6 Å². The summed E-state index contributed by atoms with van der Waals surface area (Å²) >= 11 is 0. The van der Waals surface area contributed by atoms with E-state index in [1.54, 1.807) is 0 Å². The van der Waals surface area contributed by atoms with Gasteiger partial charge in [-0.2, -0.15) is 0 Å². The molecule has 2 aromatic carbocycles. The maximum atomic E-state index is 13.5. The molecule has 0 aromatic heterocycles. The van der Waals surface area contributed by atoms with Crippen molar-refractivity contribution in [2.75, 3.05) is 13.1 Å². The third-order valence-electron chi connectivity index (χ3n) is 4.34. The van der Waals surface area contributed by atoms with Crippen LogP contribution in [0.5, 0.6) is 0 Å². The number of nitrogens with one attached hydrogen (secondary N) is 2. The molecular formula is C21H24F2N2O2. The molecule has 6 heteroatoms. The second-order valence-corrected chi connectivity index (χ2v) is 7.16. The monoisotopic (exact) mass is 374 g/mol. The lowest BCUT2D eigenvalue weighted by Gasteiger charge is -2.26. The van der Waals surface area contributed by atoms with Gasteiger partial charge in [-0.15, -0.1) is 0 Å². The summed E-state index contributed by atoms with van der Waals surface area (Å²) in [6.45, 7) is 6.62. The number of benzene rings is 2. The van der Waals surface area contributed by atoms with Crippen LogP contribution >= 0.6 is 0 Å². The van der Waals surface area contributed by atoms with Gasteiger partial charge in [0.05, 0.1) is 5.56 Å². The number of hydrogen-bond donors (Lipinski definition) is 2. The lowest BCUT2D eigenvalue weighted by Crippen LogP contribution is -2.38. The molecule has 2 N–H and O–H groups in total. The van der Waals surface area contributed by atoms with Gasteiger partial charge >= 0.3 is 0 Å². The first kappa shape index (κ1) is 20.6. The van der Waals surface area contributed by atoms with Crippen molar-refractivity contribution in [3.05, 3.63) is 70.8 Å². The highest BCUT2D eigenvalue weighted by Gasteiger charge is 2.21. The Morgan fingerprint density at radius 2 is 1.78 bits per heavy atom. The van der Waals surface area contributed by atoms with Gasteiger partial charge in [-0.3, -0.25) is 9.59 Å². The molecule has 0 fully saturated rings. The highest BCUT2D eigenvalue weighted by atomic mass is 19.1. The van der Waals surface area contributed by atoms with Gasteiger partial charge in [0.2, 0.25) is 5.91 Å². The Kier molecular flexibility index (Phi) is 6.66. The van der Waals surface area contributed by atoms with E-state index in [0.717, 1.165) is 23.3 Å². The molecule has 27 heavy (non-hydrogen) atoms. The Hall–Kier alpha value is -2.76. The van der Waals surface area contributed by atoms with Crippen molar-refractivity contribution in [1.29, 1.82) is 0 Å². The van der Waals surface area contributed by atoms with Gasteiger partial charge in [0.15, 0.2) is 0 Å².